The van der Waals surface area contributed by atoms with Gasteiger partial charge in [0.05, 0.1) is 12.7 Å². The number of ether oxygens (including phenoxy) is 1. The number of pyridine rings is 1. The second-order valence-electron chi connectivity index (χ2n) is 4.05. The molecule has 1 N–H and O–H groups in total. The molecule has 0 aliphatic carbocycles. The number of halogens is 3. The number of nitrogens with zero attached hydrogens (tertiary/aromatic N) is 2. The molecule has 21 heavy (non-hydrogen) atoms. The van der Waals surface area contributed by atoms with E-state index in [4.69, 9.17) is 10.00 Å². The van der Waals surface area contributed by atoms with Crippen molar-refractivity contribution in [3.63, 3.8) is 0 Å². The largest absolute Gasteiger partial charge is 0.495 e. The van der Waals surface area contributed by atoms with Crippen LogP contribution in [0.1, 0.15) is 11.1 Å². The second kappa shape index (κ2) is 5.71. The first-order chi connectivity index (χ1) is 9.95. The van der Waals surface area contributed by atoms with E-state index in [0.717, 1.165) is 12.1 Å². The Balaban J connectivity index is 2.29. The molecule has 1 aromatic heterocycles. The Morgan fingerprint density at radius 2 is 1.86 bits per heavy atom. The lowest BCUT2D eigenvalue weighted by Gasteiger charge is -2.11. The van der Waals surface area contributed by atoms with Crippen molar-refractivity contribution in [2.75, 3.05) is 12.4 Å². The predicted octanol–water partition coefficient (Wildman–Crippen LogP) is 3.72. The van der Waals surface area contributed by atoms with Crippen LogP contribution < -0.4 is 10.1 Å². The Bertz CT molecular complexity index is 675. The third kappa shape index (κ3) is 3.23. The lowest BCUT2D eigenvalue weighted by atomic mass is 10.2. The topological polar surface area (TPSA) is 57.9 Å². The van der Waals surface area contributed by atoms with Gasteiger partial charge in [0.25, 0.3) is 0 Å². The van der Waals surface area contributed by atoms with E-state index in [1.54, 1.807) is 0 Å². The number of nitriles is 1. The second-order valence-corrected chi connectivity index (χ2v) is 4.05. The number of alkyl halides is 3. The van der Waals surface area contributed by atoms with E-state index >= 15 is 0 Å². The van der Waals surface area contributed by atoms with Gasteiger partial charge in [0.15, 0.2) is 5.82 Å². The van der Waals surface area contributed by atoms with Crippen molar-refractivity contribution in [1.82, 2.24) is 4.98 Å². The molecule has 0 unspecified atom stereocenters. The summed E-state index contributed by atoms with van der Waals surface area (Å²) in [6, 6.07) is 7.91. The van der Waals surface area contributed by atoms with Gasteiger partial charge in [-0.25, -0.2) is 4.98 Å². The minimum atomic E-state index is -4.38. The molecule has 0 aliphatic rings. The molecular formula is C14H10F3N3O. The fourth-order valence-electron chi connectivity index (χ4n) is 1.70. The molecule has 2 aromatic rings. The highest BCUT2D eigenvalue weighted by Crippen LogP contribution is 2.31. The van der Waals surface area contributed by atoms with E-state index in [0.29, 0.717) is 11.4 Å². The van der Waals surface area contributed by atoms with Crippen LogP contribution in [0.2, 0.25) is 0 Å². The summed E-state index contributed by atoms with van der Waals surface area (Å²) in [5.41, 5.74) is -0.174. The van der Waals surface area contributed by atoms with Crippen LogP contribution in [0.3, 0.4) is 0 Å². The van der Waals surface area contributed by atoms with Crippen molar-refractivity contribution in [3.05, 3.63) is 47.7 Å². The predicted molar refractivity (Wildman–Crippen MR) is 70.2 cm³/mol. The van der Waals surface area contributed by atoms with Crippen molar-refractivity contribution in [2.24, 2.45) is 0 Å². The molecule has 0 saturated carbocycles. The molecule has 1 aromatic carbocycles. The molecule has 0 atom stereocenters. The number of hydrogen-bond acceptors (Lipinski definition) is 4. The molecule has 0 spiro atoms. The molecule has 0 amide bonds. The van der Waals surface area contributed by atoms with Crippen molar-refractivity contribution in [1.29, 1.82) is 5.26 Å². The number of methoxy groups -OCH3 is 1. The summed E-state index contributed by atoms with van der Waals surface area (Å²) in [4.78, 5) is 3.99. The van der Waals surface area contributed by atoms with E-state index in [1.165, 1.54) is 31.5 Å². The molecule has 1 heterocycles. The zero-order chi connectivity index (χ0) is 15.5. The van der Waals surface area contributed by atoms with Gasteiger partial charge in [-0.05, 0) is 30.3 Å². The minimum absolute atomic E-state index is 0.180. The Morgan fingerprint density at radius 3 is 2.38 bits per heavy atom. The smallest absolute Gasteiger partial charge is 0.416 e. The Hall–Kier alpha value is -2.75. The normalized spacial score (nSPS) is 10.8. The van der Waals surface area contributed by atoms with Crippen molar-refractivity contribution in [3.8, 4) is 11.8 Å². The summed E-state index contributed by atoms with van der Waals surface area (Å²) in [5.74, 6) is 0.554. The van der Waals surface area contributed by atoms with E-state index in [1.807, 2.05) is 6.07 Å². The maximum atomic E-state index is 12.5. The fourth-order valence-corrected chi connectivity index (χ4v) is 1.70. The Labute approximate surface area is 118 Å². The van der Waals surface area contributed by atoms with Gasteiger partial charge in [-0.1, -0.05) is 0 Å². The summed E-state index contributed by atoms with van der Waals surface area (Å²) in [6.45, 7) is 0. The molecule has 0 radical (unpaired) electrons. The molecular weight excluding hydrogens is 283 g/mol. The van der Waals surface area contributed by atoms with Gasteiger partial charge in [0.2, 0.25) is 0 Å². The quantitative estimate of drug-likeness (QED) is 0.937. The van der Waals surface area contributed by atoms with E-state index in [-0.39, 0.29) is 11.4 Å². The third-order valence-corrected chi connectivity index (χ3v) is 2.72. The number of benzene rings is 1. The van der Waals surface area contributed by atoms with Crippen LogP contribution in [0.4, 0.5) is 24.7 Å². The molecule has 108 valence electrons. The molecule has 7 heteroatoms. The van der Waals surface area contributed by atoms with Gasteiger partial charge >= 0.3 is 6.18 Å². The fraction of sp³-hybridized carbons (Fsp3) is 0.143. The summed E-state index contributed by atoms with van der Waals surface area (Å²) < 4.78 is 42.4. The first kappa shape index (κ1) is 14.7. The zero-order valence-electron chi connectivity index (χ0n) is 10.9. The summed E-state index contributed by atoms with van der Waals surface area (Å²) in [6.07, 6.45) is -2.95. The molecule has 0 saturated heterocycles. The van der Waals surface area contributed by atoms with E-state index in [9.17, 15) is 13.2 Å². The van der Waals surface area contributed by atoms with Crippen molar-refractivity contribution < 1.29 is 17.9 Å². The summed E-state index contributed by atoms with van der Waals surface area (Å²) in [7, 11) is 1.41. The third-order valence-electron chi connectivity index (χ3n) is 2.72. The highest BCUT2D eigenvalue weighted by molar-refractivity contribution is 5.66. The van der Waals surface area contributed by atoms with Crippen LogP contribution in [0.25, 0.3) is 0 Å². The minimum Gasteiger partial charge on any atom is -0.495 e. The van der Waals surface area contributed by atoms with Gasteiger partial charge in [-0.2, -0.15) is 18.4 Å². The van der Waals surface area contributed by atoms with Gasteiger partial charge in [0.1, 0.15) is 17.4 Å². The van der Waals surface area contributed by atoms with Crippen LogP contribution in [0.5, 0.6) is 5.75 Å². The number of nitrogens with one attached hydrogen (secondary N) is 1. The molecule has 0 bridgehead atoms. The van der Waals surface area contributed by atoms with E-state index < -0.39 is 11.7 Å². The van der Waals surface area contributed by atoms with Crippen LogP contribution >= 0.6 is 0 Å². The lowest BCUT2D eigenvalue weighted by molar-refractivity contribution is -0.137. The highest BCUT2D eigenvalue weighted by Gasteiger charge is 2.29. The standard InChI is InChI=1S/C14H10F3N3O/c1-21-12-6-7-19-13(11(12)8-18)20-10-4-2-9(3-5-10)14(15,16)17/h2-7H,1H3,(H,19,20). The first-order valence-corrected chi connectivity index (χ1v) is 5.83. The maximum Gasteiger partial charge on any atom is 0.416 e. The number of anilines is 2. The summed E-state index contributed by atoms with van der Waals surface area (Å²) >= 11 is 0. The molecule has 0 fully saturated rings. The number of aromatic nitrogens is 1. The van der Waals surface area contributed by atoms with Crippen molar-refractivity contribution in [2.45, 2.75) is 6.18 Å². The van der Waals surface area contributed by atoms with E-state index in [2.05, 4.69) is 10.3 Å². The SMILES string of the molecule is COc1ccnc(Nc2ccc(C(F)(F)F)cc2)c1C#N. The monoisotopic (exact) mass is 293 g/mol. The Kier molecular flexibility index (Phi) is 3.98. The number of rotatable bonds is 3. The van der Waals surface area contributed by atoms with Gasteiger partial charge < -0.3 is 10.1 Å². The van der Waals surface area contributed by atoms with Crippen molar-refractivity contribution >= 4 is 11.5 Å². The van der Waals surface area contributed by atoms with Gasteiger partial charge in [-0.3, -0.25) is 0 Å². The zero-order valence-corrected chi connectivity index (χ0v) is 10.9. The van der Waals surface area contributed by atoms with Crippen LogP contribution in [0.15, 0.2) is 36.5 Å². The highest BCUT2D eigenvalue weighted by atomic mass is 19.4. The average Bonchev–Trinajstić information content (AvgIpc) is 2.46. The maximum absolute atomic E-state index is 12.5. The first-order valence-electron chi connectivity index (χ1n) is 5.83. The van der Waals surface area contributed by atoms with Crippen LogP contribution in [0, 0.1) is 11.3 Å². The summed E-state index contributed by atoms with van der Waals surface area (Å²) in [5, 5.41) is 11.9. The molecule has 2 rings (SSSR count). The average molecular weight is 293 g/mol. The molecule has 0 aliphatic heterocycles. The number of hydrogen-bond donors (Lipinski definition) is 1. The molecule has 4 nitrogen and oxygen atoms in total. The lowest BCUT2D eigenvalue weighted by Crippen LogP contribution is -2.05. The van der Waals surface area contributed by atoms with Gasteiger partial charge in [0, 0.05) is 11.9 Å². The van der Waals surface area contributed by atoms with Crippen LogP contribution in [-0.2, 0) is 6.18 Å². The Morgan fingerprint density at radius 1 is 1.19 bits per heavy atom. The van der Waals surface area contributed by atoms with Gasteiger partial charge in [-0.15, -0.1) is 0 Å². The van der Waals surface area contributed by atoms with Crippen LogP contribution in [-0.4, -0.2) is 12.1 Å².